The first-order chi connectivity index (χ1) is 9.20. The van der Waals surface area contributed by atoms with E-state index in [4.69, 9.17) is 5.73 Å². The highest BCUT2D eigenvalue weighted by Gasteiger charge is 2.29. The summed E-state index contributed by atoms with van der Waals surface area (Å²) in [6.07, 6.45) is 3.31. The van der Waals surface area contributed by atoms with Gasteiger partial charge >= 0.3 is 0 Å². The number of carbonyl (C=O) groups excluding carboxylic acids is 1. The highest BCUT2D eigenvalue weighted by molar-refractivity contribution is 5.93. The maximum absolute atomic E-state index is 12.2. The number of rotatable bonds is 2. The van der Waals surface area contributed by atoms with Crippen molar-refractivity contribution in [3.05, 3.63) is 29.8 Å². The molecule has 3 nitrogen and oxygen atoms in total. The number of carbonyl (C=O) groups is 1. The van der Waals surface area contributed by atoms with E-state index >= 15 is 0 Å². The zero-order valence-corrected chi connectivity index (χ0v) is 11.3. The first-order valence-corrected chi connectivity index (χ1v) is 6.80. The Kier molecular flexibility index (Phi) is 4.59. The Hall–Kier alpha value is -1.79. The first kappa shape index (κ1) is 13.6. The summed E-state index contributed by atoms with van der Waals surface area (Å²) in [5.74, 6) is 6.55. The van der Waals surface area contributed by atoms with Crippen LogP contribution in [0.15, 0.2) is 24.3 Å². The van der Waals surface area contributed by atoms with Gasteiger partial charge in [-0.25, -0.2) is 0 Å². The smallest absolute Gasteiger partial charge is 0.227 e. The lowest BCUT2D eigenvalue weighted by molar-refractivity contribution is -0.120. The van der Waals surface area contributed by atoms with Crippen molar-refractivity contribution in [1.82, 2.24) is 0 Å². The van der Waals surface area contributed by atoms with Crippen LogP contribution in [0.1, 0.15) is 31.7 Å². The van der Waals surface area contributed by atoms with Gasteiger partial charge in [-0.05, 0) is 37.0 Å². The third kappa shape index (κ3) is 3.59. The molecule has 3 heteroatoms. The molecule has 0 bridgehead atoms. The van der Waals surface area contributed by atoms with Gasteiger partial charge in [0.1, 0.15) is 0 Å². The molecule has 1 aromatic carbocycles. The van der Waals surface area contributed by atoms with Crippen LogP contribution in [0.4, 0.5) is 5.69 Å². The predicted molar refractivity (Wildman–Crippen MR) is 77.5 cm³/mol. The highest BCUT2D eigenvalue weighted by atomic mass is 16.1. The number of amides is 1. The molecule has 1 amide bonds. The van der Waals surface area contributed by atoms with E-state index in [9.17, 15) is 4.79 Å². The fourth-order valence-electron chi connectivity index (χ4n) is 2.60. The molecule has 2 rings (SSSR count). The third-order valence-corrected chi connectivity index (χ3v) is 3.66. The third-order valence-electron chi connectivity index (χ3n) is 3.66. The zero-order chi connectivity index (χ0) is 13.7. The summed E-state index contributed by atoms with van der Waals surface area (Å²) < 4.78 is 0. The van der Waals surface area contributed by atoms with E-state index in [0.29, 0.717) is 12.5 Å². The maximum atomic E-state index is 12.2. The van der Waals surface area contributed by atoms with Crippen molar-refractivity contribution >= 4 is 11.6 Å². The number of anilines is 1. The molecule has 1 saturated carbocycles. The van der Waals surface area contributed by atoms with Gasteiger partial charge in [0.05, 0.1) is 6.54 Å². The van der Waals surface area contributed by atoms with Crippen LogP contribution in [0.3, 0.4) is 0 Å². The summed E-state index contributed by atoms with van der Waals surface area (Å²) in [5, 5.41) is 2.99. The second-order valence-electron chi connectivity index (χ2n) is 5.09. The van der Waals surface area contributed by atoms with Gasteiger partial charge in [0.2, 0.25) is 5.91 Å². The lowest BCUT2D eigenvalue weighted by Gasteiger charge is -2.15. The summed E-state index contributed by atoms with van der Waals surface area (Å²) in [5.41, 5.74) is 7.04. The Morgan fingerprint density at radius 3 is 3.00 bits per heavy atom. The van der Waals surface area contributed by atoms with Gasteiger partial charge in [-0.1, -0.05) is 31.3 Å². The van der Waals surface area contributed by atoms with E-state index in [1.165, 1.54) is 0 Å². The van der Waals surface area contributed by atoms with E-state index in [2.05, 4.69) is 24.1 Å². The van der Waals surface area contributed by atoms with Crippen molar-refractivity contribution in [2.24, 2.45) is 17.6 Å². The summed E-state index contributed by atoms with van der Waals surface area (Å²) in [6.45, 7) is 2.50. The largest absolute Gasteiger partial charge is 0.326 e. The molecule has 1 aliphatic rings. The van der Waals surface area contributed by atoms with E-state index < -0.39 is 0 Å². The Labute approximate surface area is 114 Å². The molecule has 2 unspecified atom stereocenters. The van der Waals surface area contributed by atoms with Gasteiger partial charge in [0.15, 0.2) is 0 Å². The predicted octanol–water partition coefficient (Wildman–Crippen LogP) is 2.37. The van der Waals surface area contributed by atoms with Gasteiger partial charge in [0, 0.05) is 17.2 Å². The van der Waals surface area contributed by atoms with Crippen molar-refractivity contribution in [1.29, 1.82) is 0 Å². The maximum Gasteiger partial charge on any atom is 0.227 e. The minimum atomic E-state index is 0.133. The minimum Gasteiger partial charge on any atom is -0.326 e. The van der Waals surface area contributed by atoms with Gasteiger partial charge in [0.25, 0.3) is 0 Å². The number of nitrogens with one attached hydrogen (secondary N) is 1. The molecule has 0 radical (unpaired) electrons. The molecular weight excluding hydrogens is 236 g/mol. The van der Waals surface area contributed by atoms with Crippen molar-refractivity contribution in [2.75, 3.05) is 11.9 Å². The van der Waals surface area contributed by atoms with Gasteiger partial charge in [-0.3, -0.25) is 4.79 Å². The molecule has 0 aliphatic heterocycles. The summed E-state index contributed by atoms with van der Waals surface area (Å²) in [7, 11) is 0. The number of hydrogen-bond acceptors (Lipinski definition) is 2. The lowest BCUT2D eigenvalue weighted by Crippen LogP contribution is -2.24. The molecule has 100 valence electrons. The summed E-state index contributed by atoms with van der Waals surface area (Å²) >= 11 is 0. The van der Waals surface area contributed by atoms with Crippen LogP contribution in [-0.2, 0) is 4.79 Å². The van der Waals surface area contributed by atoms with Crippen molar-refractivity contribution in [3.63, 3.8) is 0 Å². The van der Waals surface area contributed by atoms with Crippen molar-refractivity contribution < 1.29 is 4.79 Å². The van der Waals surface area contributed by atoms with Gasteiger partial charge in [-0.15, -0.1) is 0 Å². The molecule has 19 heavy (non-hydrogen) atoms. The van der Waals surface area contributed by atoms with E-state index in [1.54, 1.807) is 0 Å². The summed E-state index contributed by atoms with van der Waals surface area (Å²) in [4.78, 5) is 12.2. The standard InChI is InChI=1S/C16H20N2O/c1-12-5-2-9-15(12)16(19)18-14-8-3-6-13(11-14)7-4-10-17/h3,6,8,11-12,15H,2,5,9-10,17H2,1H3,(H,18,19). The van der Waals surface area contributed by atoms with Crippen LogP contribution < -0.4 is 11.1 Å². The SMILES string of the molecule is CC1CCCC1C(=O)Nc1cccc(C#CCN)c1. The van der Waals surface area contributed by atoms with Crippen LogP contribution in [0.25, 0.3) is 0 Å². The van der Waals surface area contributed by atoms with Crippen LogP contribution >= 0.6 is 0 Å². The molecule has 2 atom stereocenters. The molecule has 0 aromatic heterocycles. The van der Waals surface area contributed by atoms with Crippen LogP contribution in [0.5, 0.6) is 0 Å². The number of benzene rings is 1. The highest BCUT2D eigenvalue weighted by Crippen LogP contribution is 2.32. The lowest BCUT2D eigenvalue weighted by atomic mass is 9.97. The fraction of sp³-hybridized carbons (Fsp3) is 0.438. The Bertz CT molecular complexity index is 513. The molecule has 1 fully saturated rings. The topological polar surface area (TPSA) is 55.1 Å². The Morgan fingerprint density at radius 1 is 1.47 bits per heavy atom. The van der Waals surface area contributed by atoms with Crippen LogP contribution in [-0.4, -0.2) is 12.5 Å². The molecule has 0 saturated heterocycles. The van der Waals surface area contributed by atoms with Crippen molar-refractivity contribution in [2.45, 2.75) is 26.2 Å². The number of nitrogens with two attached hydrogens (primary N) is 1. The van der Waals surface area contributed by atoms with E-state index in [0.717, 1.165) is 30.5 Å². The first-order valence-electron chi connectivity index (χ1n) is 6.80. The van der Waals surface area contributed by atoms with Crippen LogP contribution in [0, 0.1) is 23.7 Å². The minimum absolute atomic E-state index is 0.133. The normalized spacial score (nSPS) is 21.6. The molecule has 3 N–H and O–H groups in total. The van der Waals surface area contributed by atoms with E-state index in [1.807, 2.05) is 24.3 Å². The quantitative estimate of drug-likeness (QED) is 0.798. The zero-order valence-electron chi connectivity index (χ0n) is 11.3. The molecule has 0 spiro atoms. The molecule has 1 aromatic rings. The molecule has 1 aliphatic carbocycles. The van der Waals surface area contributed by atoms with E-state index in [-0.39, 0.29) is 11.8 Å². The van der Waals surface area contributed by atoms with Crippen molar-refractivity contribution in [3.8, 4) is 11.8 Å². The second kappa shape index (κ2) is 6.40. The van der Waals surface area contributed by atoms with Gasteiger partial charge in [-0.2, -0.15) is 0 Å². The van der Waals surface area contributed by atoms with Gasteiger partial charge < -0.3 is 11.1 Å². The fourth-order valence-corrected chi connectivity index (χ4v) is 2.60. The molecule has 0 heterocycles. The Balaban J connectivity index is 2.04. The summed E-state index contributed by atoms with van der Waals surface area (Å²) in [6, 6.07) is 7.59. The molecular formula is C16H20N2O. The average molecular weight is 256 g/mol. The second-order valence-corrected chi connectivity index (χ2v) is 5.09. The monoisotopic (exact) mass is 256 g/mol. The number of hydrogen-bond donors (Lipinski definition) is 2. The van der Waals surface area contributed by atoms with Crippen LogP contribution in [0.2, 0.25) is 0 Å². The Morgan fingerprint density at radius 2 is 2.32 bits per heavy atom. The average Bonchev–Trinajstić information content (AvgIpc) is 2.83.